The monoisotopic (exact) mass is 286 g/mol. The maximum Gasteiger partial charge on any atom is 0.249 e. The molecule has 0 saturated carbocycles. The SMILES string of the molecule is CC(C)CC(C)(CN)NC(=O)C(C)OCC1CCCO1. The highest BCUT2D eigenvalue weighted by molar-refractivity contribution is 5.81. The molecule has 3 N–H and O–H groups in total. The highest BCUT2D eigenvalue weighted by Gasteiger charge is 2.28. The summed E-state index contributed by atoms with van der Waals surface area (Å²) in [6.07, 6.45) is 2.61. The zero-order valence-corrected chi connectivity index (χ0v) is 13.3. The molecule has 1 rings (SSSR count). The molecular formula is C15H30N2O3. The van der Waals surface area contributed by atoms with Crippen molar-refractivity contribution in [2.24, 2.45) is 11.7 Å². The first kappa shape index (κ1) is 17.4. The Hall–Kier alpha value is -0.650. The normalized spacial score (nSPS) is 23.6. The molecular weight excluding hydrogens is 256 g/mol. The molecule has 1 heterocycles. The van der Waals surface area contributed by atoms with Gasteiger partial charge < -0.3 is 20.5 Å². The van der Waals surface area contributed by atoms with Gasteiger partial charge in [-0.3, -0.25) is 4.79 Å². The highest BCUT2D eigenvalue weighted by atomic mass is 16.5. The van der Waals surface area contributed by atoms with E-state index in [1.807, 2.05) is 6.92 Å². The molecule has 20 heavy (non-hydrogen) atoms. The van der Waals surface area contributed by atoms with E-state index in [4.69, 9.17) is 15.2 Å². The average Bonchev–Trinajstić information content (AvgIpc) is 2.87. The number of carbonyl (C=O) groups is 1. The molecule has 3 atom stereocenters. The molecule has 0 radical (unpaired) electrons. The van der Waals surface area contributed by atoms with Crippen LogP contribution >= 0.6 is 0 Å². The highest BCUT2D eigenvalue weighted by Crippen LogP contribution is 2.16. The van der Waals surface area contributed by atoms with Crippen LogP contribution in [0.5, 0.6) is 0 Å². The molecule has 118 valence electrons. The second-order valence-corrected chi connectivity index (χ2v) is 6.46. The van der Waals surface area contributed by atoms with Gasteiger partial charge in [0.2, 0.25) is 5.91 Å². The number of nitrogens with one attached hydrogen (secondary N) is 1. The van der Waals surface area contributed by atoms with Crippen LogP contribution in [0.15, 0.2) is 0 Å². The summed E-state index contributed by atoms with van der Waals surface area (Å²) >= 11 is 0. The van der Waals surface area contributed by atoms with E-state index in [0.717, 1.165) is 25.9 Å². The fourth-order valence-electron chi connectivity index (χ4n) is 2.59. The largest absolute Gasteiger partial charge is 0.376 e. The van der Waals surface area contributed by atoms with Crippen LogP contribution in [0.1, 0.15) is 47.0 Å². The van der Waals surface area contributed by atoms with E-state index in [0.29, 0.717) is 19.1 Å². The Kier molecular flexibility index (Phi) is 6.92. The van der Waals surface area contributed by atoms with Crippen molar-refractivity contribution in [2.75, 3.05) is 19.8 Å². The number of hydrogen-bond donors (Lipinski definition) is 2. The summed E-state index contributed by atoms with van der Waals surface area (Å²) in [7, 11) is 0. The van der Waals surface area contributed by atoms with Crippen LogP contribution in [-0.2, 0) is 14.3 Å². The average molecular weight is 286 g/mol. The first-order chi connectivity index (χ1) is 9.36. The van der Waals surface area contributed by atoms with Gasteiger partial charge in [0.1, 0.15) is 6.10 Å². The maximum absolute atomic E-state index is 12.2. The minimum atomic E-state index is -0.475. The van der Waals surface area contributed by atoms with Gasteiger partial charge in [-0.1, -0.05) is 13.8 Å². The van der Waals surface area contributed by atoms with Crippen molar-refractivity contribution in [3.8, 4) is 0 Å². The van der Waals surface area contributed by atoms with E-state index in [-0.39, 0.29) is 17.6 Å². The van der Waals surface area contributed by atoms with Gasteiger partial charge in [0.05, 0.1) is 12.7 Å². The van der Waals surface area contributed by atoms with Gasteiger partial charge in [0.15, 0.2) is 0 Å². The van der Waals surface area contributed by atoms with Crippen molar-refractivity contribution in [2.45, 2.75) is 64.7 Å². The molecule has 1 saturated heterocycles. The third kappa shape index (κ3) is 5.77. The topological polar surface area (TPSA) is 73.6 Å². The number of carbonyl (C=O) groups excluding carboxylic acids is 1. The van der Waals surface area contributed by atoms with Gasteiger partial charge in [-0.2, -0.15) is 0 Å². The summed E-state index contributed by atoms with van der Waals surface area (Å²) in [6, 6.07) is 0. The van der Waals surface area contributed by atoms with Crippen LogP contribution < -0.4 is 11.1 Å². The van der Waals surface area contributed by atoms with Gasteiger partial charge in [0.25, 0.3) is 0 Å². The zero-order valence-electron chi connectivity index (χ0n) is 13.3. The molecule has 0 aliphatic carbocycles. The lowest BCUT2D eigenvalue weighted by Crippen LogP contribution is -2.54. The summed E-state index contributed by atoms with van der Waals surface area (Å²) in [6.45, 7) is 9.71. The molecule has 0 aromatic rings. The Bertz CT molecular complexity index is 303. The fourth-order valence-corrected chi connectivity index (χ4v) is 2.59. The van der Waals surface area contributed by atoms with Gasteiger partial charge >= 0.3 is 0 Å². The van der Waals surface area contributed by atoms with Gasteiger partial charge in [-0.25, -0.2) is 0 Å². The standard InChI is InChI=1S/C15H30N2O3/c1-11(2)8-15(4,10-16)17-14(18)12(3)20-9-13-6-5-7-19-13/h11-13H,5-10,16H2,1-4H3,(H,17,18). The minimum Gasteiger partial charge on any atom is -0.376 e. The van der Waals surface area contributed by atoms with E-state index in [9.17, 15) is 4.79 Å². The second-order valence-electron chi connectivity index (χ2n) is 6.46. The van der Waals surface area contributed by atoms with Crippen LogP contribution in [-0.4, -0.2) is 43.4 Å². The quantitative estimate of drug-likeness (QED) is 0.708. The third-order valence-corrected chi connectivity index (χ3v) is 3.66. The molecule has 1 aliphatic rings. The Morgan fingerprint density at radius 2 is 2.20 bits per heavy atom. The van der Waals surface area contributed by atoms with E-state index >= 15 is 0 Å². The predicted molar refractivity (Wildman–Crippen MR) is 79.4 cm³/mol. The smallest absolute Gasteiger partial charge is 0.249 e. The van der Waals surface area contributed by atoms with E-state index < -0.39 is 6.10 Å². The molecule has 0 aromatic carbocycles. The number of hydrogen-bond acceptors (Lipinski definition) is 4. The van der Waals surface area contributed by atoms with Gasteiger partial charge in [0, 0.05) is 18.7 Å². The number of ether oxygens (including phenoxy) is 2. The molecule has 0 bridgehead atoms. The molecule has 0 aromatic heterocycles. The molecule has 1 amide bonds. The van der Waals surface area contributed by atoms with Crippen molar-refractivity contribution in [3.05, 3.63) is 0 Å². The van der Waals surface area contributed by atoms with Crippen LogP contribution in [0.4, 0.5) is 0 Å². The maximum atomic E-state index is 12.2. The summed E-state index contributed by atoms with van der Waals surface area (Å²) in [5, 5.41) is 3.02. The predicted octanol–water partition coefficient (Wildman–Crippen LogP) is 1.45. The van der Waals surface area contributed by atoms with Crippen molar-refractivity contribution >= 4 is 5.91 Å². The third-order valence-electron chi connectivity index (χ3n) is 3.66. The van der Waals surface area contributed by atoms with Crippen molar-refractivity contribution in [1.29, 1.82) is 0 Å². The Labute approximate surface area is 122 Å². The van der Waals surface area contributed by atoms with Crippen molar-refractivity contribution < 1.29 is 14.3 Å². The molecule has 1 aliphatic heterocycles. The zero-order chi connectivity index (χ0) is 15.2. The second kappa shape index (κ2) is 7.96. The summed E-state index contributed by atoms with van der Waals surface area (Å²) in [5.74, 6) is 0.378. The lowest BCUT2D eigenvalue weighted by molar-refractivity contribution is -0.135. The number of nitrogens with two attached hydrogens (primary N) is 1. The lowest BCUT2D eigenvalue weighted by atomic mass is 9.90. The van der Waals surface area contributed by atoms with Gasteiger partial charge in [-0.05, 0) is 39.0 Å². The summed E-state index contributed by atoms with van der Waals surface area (Å²) < 4.78 is 11.1. The van der Waals surface area contributed by atoms with Crippen molar-refractivity contribution in [1.82, 2.24) is 5.32 Å². The molecule has 3 unspecified atom stereocenters. The first-order valence-electron chi connectivity index (χ1n) is 7.61. The Morgan fingerprint density at radius 3 is 2.70 bits per heavy atom. The molecule has 1 fully saturated rings. The van der Waals surface area contributed by atoms with Crippen LogP contribution in [0.25, 0.3) is 0 Å². The van der Waals surface area contributed by atoms with E-state index in [2.05, 4.69) is 19.2 Å². The van der Waals surface area contributed by atoms with E-state index in [1.54, 1.807) is 6.92 Å². The molecule has 0 spiro atoms. The van der Waals surface area contributed by atoms with Crippen LogP contribution in [0.2, 0.25) is 0 Å². The van der Waals surface area contributed by atoms with E-state index in [1.165, 1.54) is 0 Å². The first-order valence-corrected chi connectivity index (χ1v) is 7.61. The Morgan fingerprint density at radius 1 is 1.50 bits per heavy atom. The Balaban J connectivity index is 2.38. The number of rotatable bonds is 8. The fraction of sp³-hybridized carbons (Fsp3) is 0.933. The molecule has 5 heteroatoms. The molecule has 5 nitrogen and oxygen atoms in total. The van der Waals surface area contributed by atoms with Crippen LogP contribution in [0.3, 0.4) is 0 Å². The van der Waals surface area contributed by atoms with Gasteiger partial charge in [-0.15, -0.1) is 0 Å². The summed E-state index contributed by atoms with van der Waals surface area (Å²) in [4.78, 5) is 12.2. The minimum absolute atomic E-state index is 0.100. The number of amides is 1. The van der Waals surface area contributed by atoms with Crippen LogP contribution in [0, 0.1) is 5.92 Å². The van der Waals surface area contributed by atoms with Crippen molar-refractivity contribution in [3.63, 3.8) is 0 Å². The lowest BCUT2D eigenvalue weighted by Gasteiger charge is -2.32. The summed E-state index contributed by atoms with van der Waals surface area (Å²) in [5.41, 5.74) is 5.43.